The molecule has 0 saturated carbocycles. The van der Waals surface area contributed by atoms with Gasteiger partial charge in [-0.2, -0.15) is 0 Å². The van der Waals surface area contributed by atoms with Crippen LogP contribution in [0.5, 0.6) is 0 Å². The van der Waals surface area contributed by atoms with E-state index in [4.69, 9.17) is 10.6 Å². The molecule has 1 aliphatic heterocycles. The van der Waals surface area contributed by atoms with Crippen LogP contribution in [0.4, 0.5) is 8.78 Å². The number of nitrogens with one attached hydrogen (secondary N) is 7. The van der Waals surface area contributed by atoms with Gasteiger partial charge >= 0.3 is 11.9 Å². The van der Waals surface area contributed by atoms with Crippen LogP contribution in [0.3, 0.4) is 0 Å². The Kier molecular flexibility index (Phi) is 25.8. The molecule has 85 heavy (non-hydrogen) atoms. The van der Waals surface area contributed by atoms with Gasteiger partial charge in [0.1, 0.15) is 48.1 Å². The third-order valence-corrected chi connectivity index (χ3v) is 13.0. The summed E-state index contributed by atoms with van der Waals surface area (Å²) in [7, 11) is 0. The predicted molar refractivity (Wildman–Crippen MR) is 296 cm³/mol. The summed E-state index contributed by atoms with van der Waals surface area (Å²) in [6.45, 7) is 7.08. The maximum absolute atomic E-state index is 15.4. The van der Waals surface area contributed by atoms with Crippen molar-refractivity contribution in [1.29, 1.82) is 0 Å². The van der Waals surface area contributed by atoms with E-state index in [1.165, 1.54) is 25.7 Å². The summed E-state index contributed by atoms with van der Waals surface area (Å²) >= 11 is 0. The van der Waals surface area contributed by atoms with Crippen molar-refractivity contribution in [1.82, 2.24) is 51.7 Å². The normalized spacial score (nSPS) is 15.0. The molecule has 3 aromatic rings. The number of carboxylic acids is 1. The maximum atomic E-state index is 15.4. The number of nitrogens with zero attached hydrogens (tertiary/aromatic N) is 3. The Balaban J connectivity index is 1.59. The number of nitrogens with two attached hydrogens (primary N) is 1. The highest BCUT2D eigenvalue weighted by molar-refractivity contribution is 5.97. The summed E-state index contributed by atoms with van der Waals surface area (Å²) in [5.41, 5.74) is 5.16. The molecule has 0 aliphatic carbocycles. The molecule has 2 heterocycles. The maximum Gasteiger partial charge on any atom is 0.352 e. The number of carbonyl (C=O) groups is 12. The second-order valence-electron chi connectivity index (χ2n) is 21.0. The largest absolute Gasteiger partial charge is 0.477 e. The quantitative estimate of drug-likeness (QED) is 0.0297. The number of hydrogen-bond donors (Lipinski definition) is 11. The summed E-state index contributed by atoms with van der Waals surface area (Å²) in [6, 6.07) is 6.64. The van der Waals surface area contributed by atoms with E-state index in [0.717, 1.165) is 29.8 Å². The fourth-order valence-corrected chi connectivity index (χ4v) is 8.88. The van der Waals surface area contributed by atoms with Crippen LogP contribution < -0.4 is 43.0 Å². The molecule has 4 rings (SSSR count). The van der Waals surface area contributed by atoms with Crippen molar-refractivity contribution in [3.05, 3.63) is 95.5 Å². The average Bonchev–Trinajstić information content (AvgIpc) is 2.90. The zero-order valence-corrected chi connectivity index (χ0v) is 47.8. The molecule has 1 fully saturated rings. The lowest BCUT2D eigenvalue weighted by Gasteiger charge is -2.41. The number of carboxylic acid groups (broad SMARTS) is 1. The number of rotatable bonds is 31. The van der Waals surface area contributed by atoms with Crippen molar-refractivity contribution in [2.45, 2.75) is 136 Å². The van der Waals surface area contributed by atoms with Crippen LogP contribution in [0.2, 0.25) is 0 Å². The van der Waals surface area contributed by atoms with Gasteiger partial charge in [0.25, 0.3) is 5.91 Å². The van der Waals surface area contributed by atoms with Gasteiger partial charge in [0.15, 0.2) is 6.23 Å². The van der Waals surface area contributed by atoms with Gasteiger partial charge in [-0.1, -0.05) is 51.1 Å². The van der Waals surface area contributed by atoms with E-state index in [-0.39, 0.29) is 62.9 Å². The van der Waals surface area contributed by atoms with Gasteiger partial charge in [-0.25, -0.2) is 18.4 Å². The van der Waals surface area contributed by atoms with Crippen molar-refractivity contribution >= 4 is 71.0 Å². The third kappa shape index (κ3) is 21.5. The number of halogens is 2. The van der Waals surface area contributed by atoms with Gasteiger partial charge in [0, 0.05) is 88.2 Å². The topological polar surface area (TPSA) is 396 Å². The Bertz CT molecular complexity index is 2990. The molecular formula is C56H73F2N11O16. The first-order chi connectivity index (χ1) is 40.0. The van der Waals surface area contributed by atoms with Crippen molar-refractivity contribution < 1.29 is 86.5 Å². The molecule has 1 saturated heterocycles. The molecule has 0 radical (unpaired) electrons. The first-order valence-corrected chi connectivity index (χ1v) is 27.0. The van der Waals surface area contributed by atoms with Crippen LogP contribution in [-0.2, 0) is 68.9 Å². The minimum atomic E-state index is -1.78. The van der Waals surface area contributed by atoms with Crippen molar-refractivity contribution in [2.24, 2.45) is 11.1 Å². The van der Waals surface area contributed by atoms with Crippen LogP contribution in [0.15, 0.2) is 72.6 Å². The number of amides is 10. The summed E-state index contributed by atoms with van der Waals surface area (Å²) in [6.07, 6.45) is -1.55. The second kappa shape index (κ2) is 32.1. The van der Waals surface area contributed by atoms with E-state index in [1.54, 1.807) is 55.8 Å². The molecule has 0 bridgehead atoms. The first kappa shape index (κ1) is 68.4. The molecule has 1 unspecified atom stereocenters. The summed E-state index contributed by atoms with van der Waals surface area (Å²) in [4.78, 5) is 160. The number of primary amides is 1. The Morgan fingerprint density at radius 2 is 1.48 bits per heavy atom. The SMILES string of the molecule is CC(=O)N[C@@H](C)C(=O)N[C@H](C)C(=O)N[C@@H](CC(N)=O)C(=O)N[C@@H](CCN(C(=O)CO)[C@@H](c1cc(-c2cc(F)ccc2F)cn1Cc1ccccc1)C(C)(C)C)C(=O)NCCNC(=O)C/C=C(/NC(=O)CCCC(=O)ON1C(=O)CCC1O)C(=O)O. The molecular weight excluding hydrogens is 1120 g/mol. The molecule has 462 valence electrons. The number of benzene rings is 2. The molecule has 27 nitrogen and oxygen atoms in total. The standard InChI is InChI=1S/C56H73F2N11O16/c1-31(62-33(3)71)51(79)63-32(2)52(80)66-41(27-43(59)72)54(82)65-39(53(81)61-23-22-60-44(73)18-17-40(55(83)84)64-45(74)13-10-14-49(78)85-69-46(75)19-20-47(69)76)21-24-68(48(77)30-70)50(56(4,5)6)42-25-35(37-26-36(57)15-16-38(37)58)29-67(42)28-34-11-8-7-9-12-34/h7-9,11-12,15-17,25-26,29,31-32,39,41,46,50,70,75H,10,13-14,18-24,27-28,30H2,1-6H3,(H2,59,72)(H,60,73)(H,61,81)(H,62,71)(H,63,79)(H,64,74)(H,65,82)(H,66,80)(H,83,84)/b40-17+/t31-,32+,39-,41-,46?,50-/m0/s1. The fourth-order valence-electron chi connectivity index (χ4n) is 8.88. The monoisotopic (exact) mass is 1190 g/mol. The van der Waals surface area contributed by atoms with Crippen molar-refractivity contribution in [3.8, 4) is 11.1 Å². The highest BCUT2D eigenvalue weighted by atomic mass is 19.1. The number of aliphatic carboxylic acids is 1. The Labute approximate surface area is 487 Å². The summed E-state index contributed by atoms with van der Waals surface area (Å²) in [5.74, 6) is -12.6. The molecule has 1 aromatic heterocycles. The predicted octanol–water partition coefficient (Wildman–Crippen LogP) is -0.0694. The lowest BCUT2D eigenvalue weighted by atomic mass is 9.82. The van der Waals surface area contributed by atoms with Gasteiger partial charge in [-0.3, -0.25) is 47.9 Å². The molecule has 6 atom stereocenters. The Hall–Kier alpha value is -9.12. The van der Waals surface area contributed by atoms with E-state index < -0.39 is 163 Å². The number of hydroxylamine groups is 2. The zero-order valence-electron chi connectivity index (χ0n) is 47.8. The second-order valence-corrected chi connectivity index (χ2v) is 21.0. The minimum Gasteiger partial charge on any atom is -0.477 e. The molecule has 2 aromatic carbocycles. The molecule has 10 amide bonds. The average molecular weight is 1190 g/mol. The highest BCUT2D eigenvalue weighted by Crippen LogP contribution is 2.41. The molecule has 1 aliphatic rings. The lowest BCUT2D eigenvalue weighted by Crippen LogP contribution is -2.58. The number of carbonyl (C=O) groups excluding carboxylic acids is 11. The molecule has 0 spiro atoms. The molecule has 29 heteroatoms. The van der Waals surface area contributed by atoms with Crippen molar-refractivity contribution in [3.63, 3.8) is 0 Å². The van der Waals surface area contributed by atoms with Crippen LogP contribution in [0, 0.1) is 17.0 Å². The van der Waals surface area contributed by atoms with E-state index in [9.17, 15) is 77.2 Å². The van der Waals surface area contributed by atoms with Crippen LogP contribution >= 0.6 is 0 Å². The van der Waals surface area contributed by atoms with Gasteiger partial charge in [-0.05, 0) is 68.0 Å². The lowest BCUT2D eigenvalue weighted by molar-refractivity contribution is -0.220. The van der Waals surface area contributed by atoms with Crippen LogP contribution in [0.25, 0.3) is 11.1 Å². The Morgan fingerprint density at radius 1 is 0.835 bits per heavy atom. The van der Waals surface area contributed by atoms with E-state index in [1.807, 2.05) is 12.1 Å². The van der Waals surface area contributed by atoms with E-state index >= 15 is 4.39 Å². The number of aromatic nitrogens is 1. The van der Waals surface area contributed by atoms with Crippen LogP contribution in [0.1, 0.15) is 110 Å². The first-order valence-electron chi connectivity index (χ1n) is 27.0. The van der Waals surface area contributed by atoms with Crippen molar-refractivity contribution in [2.75, 3.05) is 26.2 Å². The number of aliphatic hydroxyl groups is 2. The highest BCUT2D eigenvalue weighted by Gasteiger charge is 2.39. The fraction of sp³-hybridized carbons (Fsp3) is 0.464. The number of hydrogen-bond acceptors (Lipinski definition) is 15. The van der Waals surface area contributed by atoms with E-state index in [2.05, 4.69) is 37.2 Å². The van der Waals surface area contributed by atoms with Crippen LogP contribution in [-0.4, -0.2) is 157 Å². The zero-order chi connectivity index (χ0) is 63.3. The smallest absolute Gasteiger partial charge is 0.352 e. The number of aliphatic hydroxyl groups excluding tert-OH is 2. The molecule has 12 N–H and O–H groups in total. The summed E-state index contributed by atoms with van der Waals surface area (Å²) in [5, 5.41) is 47.1. The van der Waals surface area contributed by atoms with Gasteiger partial charge in [0.2, 0.25) is 53.2 Å². The Morgan fingerprint density at radius 3 is 2.09 bits per heavy atom. The summed E-state index contributed by atoms with van der Waals surface area (Å²) < 4.78 is 31.8. The van der Waals surface area contributed by atoms with Gasteiger partial charge < -0.3 is 72.6 Å². The third-order valence-electron chi connectivity index (χ3n) is 13.0. The van der Waals surface area contributed by atoms with E-state index in [0.29, 0.717) is 10.8 Å². The van der Waals surface area contributed by atoms with Gasteiger partial charge in [0.05, 0.1) is 12.5 Å². The minimum absolute atomic E-state index is 0.0255. The van der Waals surface area contributed by atoms with Gasteiger partial charge in [-0.15, -0.1) is 5.06 Å².